The van der Waals surface area contributed by atoms with Gasteiger partial charge in [0.2, 0.25) is 15.9 Å². The molecule has 1 fully saturated rings. The molecule has 1 aromatic carbocycles. The first-order valence-corrected chi connectivity index (χ1v) is 8.62. The Balaban J connectivity index is 1.93. The molecular formula is C14H21N3O3S. The van der Waals surface area contributed by atoms with Crippen LogP contribution in [0.15, 0.2) is 29.2 Å². The van der Waals surface area contributed by atoms with Crippen molar-refractivity contribution in [3.8, 4) is 0 Å². The van der Waals surface area contributed by atoms with Crippen molar-refractivity contribution in [2.45, 2.75) is 37.1 Å². The Morgan fingerprint density at radius 3 is 2.57 bits per heavy atom. The van der Waals surface area contributed by atoms with E-state index in [1.807, 2.05) is 0 Å². The third-order valence-electron chi connectivity index (χ3n) is 3.35. The number of rotatable bonds is 7. The summed E-state index contributed by atoms with van der Waals surface area (Å²) < 4.78 is 26.8. The minimum absolute atomic E-state index is 0.0226. The van der Waals surface area contributed by atoms with Crippen LogP contribution >= 0.6 is 0 Å². The molecule has 1 amide bonds. The second kappa shape index (κ2) is 6.91. The maximum absolute atomic E-state index is 12.2. The van der Waals surface area contributed by atoms with Crippen molar-refractivity contribution in [2.24, 2.45) is 0 Å². The average Bonchev–Trinajstić information content (AvgIpc) is 2.89. The first-order chi connectivity index (χ1) is 10.0. The Labute approximate surface area is 125 Å². The molecule has 0 aliphatic carbocycles. The summed E-state index contributed by atoms with van der Waals surface area (Å²) in [5.74, 6) is -0.0226. The first-order valence-electron chi connectivity index (χ1n) is 7.14. The topological polar surface area (TPSA) is 87.3 Å². The van der Waals surface area contributed by atoms with Crippen LogP contribution in [0, 0.1) is 0 Å². The van der Waals surface area contributed by atoms with E-state index in [0.29, 0.717) is 12.8 Å². The number of benzene rings is 1. The summed E-state index contributed by atoms with van der Waals surface area (Å²) in [5.41, 5.74) is 0.902. The van der Waals surface area contributed by atoms with Crippen LogP contribution in [0.2, 0.25) is 0 Å². The van der Waals surface area contributed by atoms with E-state index in [0.717, 1.165) is 18.7 Å². The number of anilines is 1. The number of hydrogen-bond acceptors (Lipinski definition) is 4. The Morgan fingerprint density at radius 2 is 2.00 bits per heavy atom. The third-order valence-corrected chi connectivity index (χ3v) is 4.79. The summed E-state index contributed by atoms with van der Waals surface area (Å²) >= 11 is 0. The van der Waals surface area contributed by atoms with Gasteiger partial charge < -0.3 is 10.6 Å². The Kier molecular flexibility index (Phi) is 5.19. The summed E-state index contributed by atoms with van der Waals surface area (Å²) in [6.45, 7) is 3.15. The highest BCUT2D eigenvalue weighted by Gasteiger charge is 2.23. The minimum atomic E-state index is -3.53. The molecule has 3 N–H and O–H groups in total. The van der Waals surface area contributed by atoms with Gasteiger partial charge in [0.05, 0.1) is 4.90 Å². The fourth-order valence-electron chi connectivity index (χ4n) is 2.15. The summed E-state index contributed by atoms with van der Waals surface area (Å²) in [6.07, 6.45) is 2.14. The lowest BCUT2D eigenvalue weighted by atomic mass is 10.2. The molecule has 1 aliphatic heterocycles. The van der Waals surface area contributed by atoms with E-state index in [2.05, 4.69) is 22.3 Å². The van der Waals surface area contributed by atoms with Gasteiger partial charge in [0.15, 0.2) is 0 Å². The van der Waals surface area contributed by atoms with E-state index in [4.69, 9.17) is 0 Å². The molecule has 116 valence electrons. The number of carbonyl (C=O) groups excluding carboxylic acids is 1. The second-order valence-corrected chi connectivity index (χ2v) is 6.87. The van der Waals surface area contributed by atoms with Gasteiger partial charge in [0.1, 0.15) is 0 Å². The largest absolute Gasteiger partial charge is 0.385 e. The van der Waals surface area contributed by atoms with Gasteiger partial charge in [0.25, 0.3) is 0 Å². The average molecular weight is 311 g/mol. The lowest BCUT2D eigenvalue weighted by Crippen LogP contribution is -2.38. The molecule has 1 saturated heterocycles. The van der Waals surface area contributed by atoms with Gasteiger partial charge in [-0.25, -0.2) is 13.1 Å². The maximum Gasteiger partial charge on any atom is 0.240 e. The quantitative estimate of drug-likeness (QED) is 0.703. The van der Waals surface area contributed by atoms with Crippen LogP contribution in [0.4, 0.5) is 5.69 Å². The molecule has 1 aromatic rings. The van der Waals surface area contributed by atoms with Crippen LogP contribution in [0.3, 0.4) is 0 Å². The third kappa shape index (κ3) is 4.44. The van der Waals surface area contributed by atoms with E-state index < -0.39 is 10.0 Å². The lowest BCUT2D eigenvalue weighted by molar-refractivity contribution is -0.119. The minimum Gasteiger partial charge on any atom is -0.385 e. The highest BCUT2D eigenvalue weighted by molar-refractivity contribution is 7.89. The molecule has 1 atom stereocenters. The summed E-state index contributed by atoms with van der Waals surface area (Å²) in [7, 11) is -3.53. The van der Waals surface area contributed by atoms with E-state index in [-0.39, 0.29) is 23.4 Å². The summed E-state index contributed by atoms with van der Waals surface area (Å²) in [4.78, 5) is 11.3. The monoisotopic (exact) mass is 311 g/mol. The van der Waals surface area contributed by atoms with E-state index in [1.165, 1.54) is 0 Å². The number of amides is 1. The van der Waals surface area contributed by atoms with E-state index in [1.54, 1.807) is 24.3 Å². The molecule has 21 heavy (non-hydrogen) atoms. The van der Waals surface area contributed by atoms with Crippen molar-refractivity contribution in [3.63, 3.8) is 0 Å². The lowest BCUT2D eigenvalue weighted by Gasteiger charge is -2.12. The molecule has 0 saturated carbocycles. The fourth-order valence-corrected chi connectivity index (χ4v) is 3.23. The Bertz CT molecular complexity index is 584. The zero-order chi connectivity index (χ0) is 15.3. The van der Waals surface area contributed by atoms with Gasteiger partial charge in [0, 0.05) is 31.2 Å². The molecule has 0 spiro atoms. The van der Waals surface area contributed by atoms with Gasteiger partial charge in [-0.15, -0.1) is 0 Å². The number of nitrogens with one attached hydrogen (secondary N) is 3. The molecule has 1 heterocycles. The molecule has 1 aliphatic rings. The molecule has 0 aromatic heterocycles. The van der Waals surface area contributed by atoms with Crippen LogP contribution in [0.5, 0.6) is 0 Å². The Hall–Kier alpha value is -1.60. The van der Waals surface area contributed by atoms with Crippen LogP contribution in [0.1, 0.15) is 26.2 Å². The van der Waals surface area contributed by atoms with Gasteiger partial charge >= 0.3 is 0 Å². The van der Waals surface area contributed by atoms with Crippen LogP contribution in [-0.4, -0.2) is 33.5 Å². The predicted octanol–water partition coefficient (Wildman–Crippen LogP) is 1.07. The highest BCUT2D eigenvalue weighted by Crippen LogP contribution is 2.14. The maximum atomic E-state index is 12.2. The standard InChI is InChI=1S/C14H21N3O3S/c1-2-9-15-11-3-6-13(7-4-11)21(19,20)16-10-12-5-8-14(18)17-12/h3-4,6-7,12,15-16H,2,5,8-10H2,1H3,(H,17,18). The zero-order valence-electron chi connectivity index (χ0n) is 12.1. The predicted molar refractivity (Wildman–Crippen MR) is 81.6 cm³/mol. The number of sulfonamides is 1. The SMILES string of the molecule is CCCNc1ccc(S(=O)(=O)NCC2CCC(=O)N2)cc1. The van der Waals surface area contributed by atoms with Gasteiger partial charge in [-0.2, -0.15) is 0 Å². The molecular weight excluding hydrogens is 290 g/mol. The number of hydrogen-bond donors (Lipinski definition) is 3. The highest BCUT2D eigenvalue weighted by atomic mass is 32.2. The van der Waals surface area contributed by atoms with Crippen molar-refractivity contribution in [2.75, 3.05) is 18.4 Å². The van der Waals surface area contributed by atoms with Crippen molar-refractivity contribution in [1.29, 1.82) is 0 Å². The van der Waals surface area contributed by atoms with Gasteiger partial charge in [-0.1, -0.05) is 6.92 Å². The van der Waals surface area contributed by atoms with Gasteiger partial charge in [-0.3, -0.25) is 4.79 Å². The molecule has 0 bridgehead atoms. The summed E-state index contributed by atoms with van der Waals surface area (Å²) in [5, 5.41) is 5.93. The van der Waals surface area contributed by atoms with Crippen LogP contribution < -0.4 is 15.4 Å². The van der Waals surface area contributed by atoms with E-state index >= 15 is 0 Å². The fraction of sp³-hybridized carbons (Fsp3) is 0.500. The Morgan fingerprint density at radius 1 is 1.29 bits per heavy atom. The van der Waals surface area contributed by atoms with Gasteiger partial charge in [-0.05, 0) is 37.1 Å². The zero-order valence-corrected chi connectivity index (χ0v) is 12.9. The smallest absolute Gasteiger partial charge is 0.240 e. The molecule has 6 nitrogen and oxygen atoms in total. The van der Waals surface area contributed by atoms with Crippen LogP contribution in [-0.2, 0) is 14.8 Å². The van der Waals surface area contributed by atoms with Crippen molar-refractivity contribution < 1.29 is 13.2 Å². The summed E-state index contributed by atoms with van der Waals surface area (Å²) in [6, 6.07) is 6.54. The number of carbonyl (C=O) groups is 1. The van der Waals surface area contributed by atoms with Crippen molar-refractivity contribution in [1.82, 2.24) is 10.0 Å². The second-order valence-electron chi connectivity index (χ2n) is 5.11. The molecule has 7 heteroatoms. The normalized spacial score (nSPS) is 18.5. The van der Waals surface area contributed by atoms with Crippen molar-refractivity contribution in [3.05, 3.63) is 24.3 Å². The molecule has 1 unspecified atom stereocenters. The van der Waals surface area contributed by atoms with E-state index in [9.17, 15) is 13.2 Å². The molecule has 2 rings (SSSR count). The molecule has 0 radical (unpaired) electrons. The van der Waals surface area contributed by atoms with Crippen LogP contribution in [0.25, 0.3) is 0 Å². The first kappa shape index (κ1) is 15.8. The van der Waals surface area contributed by atoms with Crippen molar-refractivity contribution >= 4 is 21.6 Å².